The van der Waals surface area contributed by atoms with Crippen molar-refractivity contribution in [2.45, 2.75) is 0 Å². The fourth-order valence-corrected chi connectivity index (χ4v) is 3.16. The van der Waals surface area contributed by atoms with E-state index >= 15 is 0 Å². The summed E-state index contributed by atoms with van der Waals surface area (Å²) in [6.45, 7) is 0. The largest absolute Gasteiger partial charge is 0.320 e. The molecule has 0 fully saturated rings. The van der Waals surface area contributed by atoms with Crippen LogP contribution in [-0.4, -0.2) is 4.57 Å². The molecule has 21 heavy (non-hydrogen) atoms. The molecule has 2 aromatic carbocycles. The highest BCUT2D eigenvalue weighted by molar-refractivity contribution is 7.07. The first kappa shape index (κ1) is 14.4. The first-order valence-corrected chi connectivity index (χ1v) is 7.98. The zero-order valence-corrected chi connectivity index (χ0v) is 13.6. The third-order valence-electron chi connectivity index (χ3n) is 3.12. The summed E-state index contributed by atoms with van der Waals surface area (Å²) in [5.74, 6) is 0. The van der Waals surface area contributed by atoms with Crippen molar-refractivity contribution in [1.29, 1.82) is 0 Å². The molecule has 0 aliphatic heterocycles. The minimum Gasteiger partial charge on any atom is -0.320 e. The van der Waals surface area contributed by atoms with Crippen molar-refractivity contribution in [3.05, 3.63) is 68.8 Å². The molecule has 0 aliphatic rings. The number of hydrogen-bond acceptors (Lipinski definition) is 2. The number of thiazole rings is 1. The Bertz CT molecular complexity index is 815. The van der Waals surface area contributed by atoms with Gasteiger partial charge in [0.05, 0.1) is 11.4 Å². The summed E-state index contributed by atoms with van der Waals surface area (Å²) in [6.07, 6.45) is 0. The van der Waals surface area contributed by atoms with E-state index in [1.807, 2.05) is 55.6 Å². The Morgan fingerprint density at radius 2 is 1.48 bits per heavy atom. The number of nitrogens with zero attached hydrogens (tertiary/aromatic N) is 2. The van der Waals surface area contributed by atoms with Crippen molar-refractivity contribution >= 4 is 40.2 Å². The number of hydrogen-bond donors (Lipinski definition) is 0. The molecule has 106 valence electrons. The van der Waals surface area contributed by atoms with Gasteiger partial charge >= 0.3 is 0 Å². The Kier molecular flexibility index (Phi) is 4.15. The highest BCUT2D eigenvalue weighted by Gasteiger charge is 2.04. The fourth-order valence-electron chi connectivity index (χ4n) is 1.98. The molecule has 0 amide bonds. The predicted octanol–water partition coefficient (Wildman–Crippen LogP) is 5.29. The Morgan fingerprint density at radius 3 is 2.10 bits per heavy atom. The van der Waals surface area contributed by atoms with E-state index in [9.17, 15) is 0 Å². The molecule has 0 N–H and O–H groups in total. The topological polar surface area (TPSA) is 17.3 Å². The van der Waals surface area contributed by atoms with Crippen molar-refractivity contribution in [3.63, 3.8) is 0 Å². The summed E-state index contributed by atoms with van der Waals surface area (Å²) in [6, 6.07) is 15.3. The Morgan fingerprint density at radius 1 is 0.905 bits per heavy atom. The maximum absolute atomic E-state index is 5.93. The molecule has 0 unspecified atom stereocenters. The number of aromatic nitrogens is 1. The van der Waals surface area contributed by atoms with Crippen molar-refractivity contribution in [1.82, 2.24) is 4.57 Å². The zero-order valence-electron chi connectivity index (χ0n) is 11.3. The molecule has 0 spiro atoms. The Labute approximate surface area is 136 Å². The van der Waals surface area contributed by atoms with E-state index in [1.54, 1.807) is 11.3 Å². The second-order valence-electron chi connectivity index (χ2n) is 4.56. The smallest absolute Gasteiger partial charge is 0.190 e. The van der Waals surface area contributed by atoms with Gasteiger partial charge in [0, 0.05) is 22.5 Å². The van der Waals surface area contributed by atoms with Crippen LogP contribution in [-0.2, 0) is 7.05 Å². The van der Waals surface area contributed by atoms with Crippen LogP contribution in [0.3, 0.4) is 0 Å². The molecule has 3 aromatic rings. The van der Waals surface area contributed by atoms with Gasteiger partial charge < -0.3 is 4.57 Å². The van der Waals surface area contributed by atoms with Gasteiger partial charge in [0.25, 0.3) is 0 Å². The molecule has 0 radical (unpaired) electrons. The normalized spacial score (nSPS) is 11.9. The van der Waals surface area contributed by atoms with Gasteiger partial charge in [0.15, 0.2) is 4.80 Å². The monoisotopic (exact) mass is 334 g/mol. The lowest BCUT2D eigenvalue weighted by molar-refractivity contribution is 0.883. The first-order chi connectivity index (χ1) is 10.1. The maximum Gasteiger partial charge on any atom is 0.190 e. The molecule has 5 heteroatoms. The number of halogens is 2. The third-order valence-corrected chi connectivity index (χ3v) is 4.54. The van der Waals surface area contributed by atoms with Gasteiger partial charge in [-0.3, -0.25) is 0 Å². The molecule has 0 aliphatic carbocycles. The molecule has 0 bridgehead atoms. The van der Waals surface area contributed by atoms with Gasteiger partial charge in [-0.2, -0.15) is 0 Å². The van der Waals surface area contributed by atoms with Crippen LogP contribution in [0, 0.1) is 0 Å². The maximum atomic E-state index is 5.93. The van der Waals surface area contributed by atoms with Crippen LogP contribution in [0.15, 0.2) is 58.9 Å². The minimum atomic E-state index is 0.714. The van der Waals surface area contributed by atoms with Gasteiger partial charge in [-0.1, -0.05) is 35.3 Å². The molecular formula is C16H12Cl2N2S. The molecule has 3 rings (SSSR count). The van der Waals surface area contributed by atoms with Crippen LogP contribution in [0.1, 0.15) is 0 Å². The predicted molar refractivity (Wildman–Crippen MR) is 90.4 cm³/mol. The van der Waals surface area contributed by atoms with Gasteiger partial charge in [-0.25, -0.2) is 4.99 Å². The van der Waals surface area contributed by atoms with Crippen LogP contribution in [0.25, 0.3) is 11.3 Å². The van der Waals surface area contributed by atoms with E-state index < -0.39 is 0 Å². The number of benzene rings is 2. The summed E-state index contributed by atoms with van der Waals surface area (Å²) in [4.78, 5) is 5.57. The summed E-state index contributed by atoms with van der Waals surface area (Å²) >= 11 is 13.4. The molecule has 1 aromatic heterocycles. The van der Waals surface area contributed by atoms with Gasteiger partial charge in [-0.05, 0) is 42.0 Å². The lowest BCUT2D eigenvalue weighted by Gasteiger charge is -2.03. The van der Waals surface area contributed by atoms with Crippen LogP contribution in [0.2, 0.25) is 10.0 Å². The molecular weight excluding hydrogens is 323 g/mol. The second-order valence-corrected chi connectivity index (χ2v) is 6.27. The van der Waals surface area contributed by atoms with Crippen LogP contribution < -0.4 is 4.80 Å². The van der Waals surface area contributed by atoms with Crippen molar-refractivity contribution in [2.24, 2.45) is 12.0 Å². The summed E-state index contributed by atoms with van der Waals surface area (Å²) < 4.78 is 2.07. The zero-order chi connectivity index (χ0) is 14.8. The van der Waals surface area contributed by atoms with E-state index in [-0.39, 0.29) is 0 Å². The average Bonchev–Trinajstić information content (AvgIpc) is 2.84. The van der Waals surface area contributed by atoms with Gasteiger partial charge in [0.2, 0.25) is 0 Å². The molecule has 0 saturated heterocycles. The van der Waals surface area contributed by atoms with E-state index in [4.69, 9.17) is 23.2 Å². The number of rotatable bonds is 2. The standard InChI is InChI=1S/C16H12Cl2N2S/c1-20-15(11-2-4-12(17)5-3-11)10-21-16(20)19-14-8-6-13(18)7-9-14/h2-10H,1H3. The summed E-state index contributed by atoms with van der Waals surface area (Å²) in [5, 5.41) is 3.55. The highest BCUT2D eigenvalue weighted by atomic mass is 35.5. The van der Waals surface area contributed by atoms with Gasteiger partial charge in [0.1, 0.15) is 0 Å². The second kappa shape index (κ2) is 6.06. The third kappa shape index (κ3) is 3.21. The van der Waals surface area contributed by atoms with E-state index in [0.717, 1.165) is 26.8 Å². The lowest BCUT2D eigenvalue weighted by Crippen LogP contribution is -2.10. The van der Waals surface area contributed by atoms with Crippen LogP contribution in [0.4, 0.5) is 5.69 Å². The lowest BCUT2D eigenvalue weighted by atomic mass is 10.2. The van der Waals surface area contributed by atoms with Gasteiger partial charge in [-0.15, -0.1) is 11.3 Å². The van der Waals surface area contributed by atoms with E-state index in [0.29, 0.717) is 5.02 Å². The minimum absolute atomic E-state index is 0.714. The van der Waals surface area contributed by atoms with Crippen LogP contribution >= 0.6 is 34.5 Å². The molecule has 2 nitrogen and oxygen atoms in total. The van der Waals surface area contributed by atoms with Crippen molar-refractivity contribution < 1.29 is 0 Å². The summed E-state index contributed by atoms with van der Waals surface area (Å²) in [7, 11) is 2.01. The molecule has 0 atom stereocenters. The highest BCUT2D eigenvalue weighted by Crippen LogP contribution is 2.22. The first-order valence-electron chi connectivity index (χ1n) is 6.34. The fraction of sp³-hybridized carbons (Fsp3) is 0.0625. The van der Waals surface area contributed by atoms with Crippen molar-refractivity contribution in [3.8, 4) is 11.3 Å². The average molecular weight is 335 g/mol. The van der Waals surface area contributed by atoms with E-state index in [2.05, 4.69) is 14.9 Å². The van der Waals surface area contributed by atoms with Crippen LogP contribution in [0.5, 0.6) is 0 Å². The molecule has 1 heterocycles. The quantitative estimate of drug-likeness (QED) is 0.605. The molecule has 0 saturated carbocycles. The van der Waals surface area contributed by atoms with Crippen molar-refractivity contribution in [2.75, 3.05) is 0 Å². The SMILES string of the molecule is Cn1c(-c2ccc(Cl)cc2)csc1=Nc1ccc(Cl)cc1. The van der Waals surface area contributed by atoms with E-state index in [1.165, 1.54) is 0 Å². The Hall–Kier alpha value is -1.55. The summed E-state index contributed by atoms with van der Waals surface area (Å²) in [5.41, 5.74) is 3.12. The Balaban J connectivity index is 2.02.